The van der Waals surface area contributed by atoms with Crippen LogP contribution in [0.25, 0.3) is 0 Å². The van der Waals surface area contributed by atoms with Crippen molar-refractivity contribution >= 4 is 11.9 Å². The SMILES string of the molecule is CCC1C(=O)NCCN1c1nnc(C(C)NC)o1. The Hall–Kier alpha value is -1.63. The minimum Gasteiger partial charge on any atom is -0.406 e. The summed E-state index contributed by atoms with van der Waals surface area (Å²) in [4.78, 5) is 13.6. The predicted octanol–water partition coefficient (Wildman–Crippen LogP) is 0.0648. The first-order valence-corrected chi connectivity index (χ1v) is 6.22. The monoisotopic (exact) mass is 253 g/mol. The Morgan fingerprint density at radius 3 is 3.06 bits per heavy atom. The number of aromatic nitrogens is 2. The molecule has 2 atom stereocenters. The van der Waals surface area contributed by atoms with Gasteiger partial charge in [0.1, 0.15) is 6.04 Å². The summed E-state index contributed by atoms with van der Waals surface area (Å²) >= 11 is 0. The summed E-state index contributed by atoms with van der Waals surface area (Å²) < 4.78 is 5.62. The summed E-state index contributed by atoms with van der Waals surface area (Å²) in [5, 5.41) is 13.9. The Kier molecular flexibility index (Phi) is 3.81. The summed E-state index contributed by atoms with van der Waals surface area (Å²) in [5.74, 6) is 0.554. The molecule has 1 amide bonds. The van der Waals surface area contributed by atoms with Gasteiger partial charge in [-0.05, 0) is 20.4 Å². The van der Waals surface area contributed by atoms with E-state index in [9.17, 15) is 4.79 Å². The lowest BCUT2D eigenvalue weighted by Crippen LogP contribution is -2.55. The highest BCUT2D eigenvalue weighted by Crippen LogP contribution is 2.21. The van der Waals surface area contributed by atoms with Crippen LogP contribution in [0, 0.1) is 0 Å². The number of carbonyl (C=O) groups excluding carboxylic acids is 1. The molecule has 1 aliphatic rings. The van der Waals surface area contributed by atoms with Crippen LogP contribution in [-0.4, -0.2) is 42.3 Å². The second kappa shape index (κ2) is 5.34. The smallest absolute Gasteiger partial charge is 0.318 e. The van der Waals surface area contributed by atoms with Crippen molar-refractivity contribution in [3.8, 4) is 0 Å². The second-order valence-corrected chi connectivity index (χ2v) is 4.34. The van der Waals surface area contributed by atoms with Gasteiger partial charge in [0.05, 0.1) is 6.04 Å². The van der Waals surface area contributed by atoms with Crippen molar-refractivity contribution in [3.63, 3.8) is 0 Å². The molecular weight excluding hydrogens is 234 g/mol. The molecule has 18 heavy (non-hydrogen) atoms. The number of hydrogen-bond donors (Lipinski definition) is 2. The summed E-state index contributed by atoms with van der Waals surface area (Å²) in [6.45, 7) is 5.21. The van der Waals surface area contributed by atoms with Gasteiger partial charge >= 0.3 is 6.01 Å². The quantitative estimate of drug-likeness (QED) is 0.790. The van der Waals surface area contributed by atoms with Crippen LogP contribution in [0.5, 0.6) is 0 Å². The first-order valence-electron chi connectivity index (χ1n) is 6.22. The van der Waals surface area contributed by atoms with Crippen molar-refractivity contribution in [2.75, 3.05) is 25.0 Å². The molecule has 0 radical (unpaired) electrons. The Labute approximate surface area is 106 Å². The van der Waals surface area contributed by atoms with E-state index < -0.39 is 0 Å². The fraction of sp³-hybridized carbons (Fsp3) is 0.727. The van der Waals surface area contributed by atoms with E-state index in [4.69, 9.17) is 4.42 Å². The third-order valence-electron chi connectivity index (χ3n) is 3.20. The van der Waals surface area contributed by atoms with Crippen molar-refractivity contribution in [2.24, 2.45) is 0 Å². The van der Waals surface area contributed by atoms with Crippen molar-refractivity contribution in [3.05, 3.63) is 5.89 Å². The maximum Gasteiger partial charge on any atom is 0.318 e. The minimum absolute atomic E-state index is 0.00458. The van der Waals surface area contributed by atoms with E-state index in [-0.39, 0.29) is 18.0 Å². The van der Waals surface area contributed by atoms with E-state index >= 15 is 0 Å². The van der Waals surface area contributed by atoms with Crippen molar-refractivity contribution in [1.29, 1.82) is 0 Å². The maximum atomic E-state index is 11.8. The Morgan fingerprint density at radius 2 is 2.39 bits per heavy atom. The third-order valence-corrected chi connectivity index (χ3v) is 3.20. The summed E-state index contributed by atoms with van der Waals surface area (Å²) in [5.41, 5.74) is 0. The zero-order chi connectivity index (χ0) is 13.1. The minimum atomic E-state index is -0.225. The maximum absolute atomic E-state index is 11.8. The zero-order valence-electron chi connectivity index (χ0n) is 10.9. The van der Waals surface area contributed by atoms with E-state index in [0.29, 0.717) is 31.4 Å². The normalized spacial score (nSPS) is 21.8. The van der Waals surface area contributed by atoms with Gasteiger partial charge in [-0.15, -0.1) is 5.10 Å². The lowest BCUT2D eigenvalue weighted by molar-refractivity contribution is -0.123. The molecule has 100 valence electrons. The van der Waals surface area contributed by atoms with Gasteiger partial charge < -0.3 is 20.0 Å². The molecule has 7 heteroatoms. The van der Waals surface area contributed by atoms with Crippen LogP contribution in [0.2, 0.25) is 0 Å². The summed E-state index contributed by atoms with van der Waals surface area (Å²) in [6.07, 6.45) is 0.713. The molecule has 1 aliphatic heterocycles. The predicted molar refractivity (Wildman–Crippen MR) is 66.2 cm³/mol. The Bertz CT molecular complexity index is 419. The first-order chi connectivity index (χ1) is 8.67. The lowest BCUT2D eigenvalue weighted by Gasteiger charge is -2.32. The van der Waals surface area contributed by atoms with Gasteiger partial charge in [-0.25, -0.2) is 0 Å². The highest BCUT2D eigenvalue weighted by Gasteiger charge is 2.31. The van der Waals surface area contributed by atoms with Gasteiger partial charge in [0.2, 0.25) is 11.8 Å². The topological polar surface area (TPSA) is 83.3 Å². The number of carbonyl (C=O) groups is 1. The van der Waals surface area contributed by atoms with E-state index in [1.807, 2.05) is 25.8 Å². The van der Waals surface area contributed by atoms with Gasteiger partial charge in [0.25, 0.3) is 0 Å². The van der Waals surface area contributed by atoms with Crippen LogP contribution in [-0.2, 0) is 4.79 Å². The average Bonchev–Trinajstić information content (AvgIpc) is 2.87. The lowest BCUT2D eigenvalue weighted by atomic mass is 10.1. The molecule has 2 unspecified atom stereocenters. The third kappa shape index (κ3) is 2.31. The molecule has 0 aromatic carbocycles. The highest BCUT2D eigenvalue weighted by atomic mass is 16.4. The van der Waals surface area contributed by atoms with Gasteiger partial charge in [-0.2, -0.15) is 0 Å². The molecule has 0 saturated carbocycles. The Balaban J connectivity index is 2.19. The van der Waals surface area contributed by atoms with Gasteiger partial charge in [-0.1, -0.05) is 12.0 Å². The largest absolute Gasteiger partial charge is 0.406 e. The van der Waals surface area contributed by atoms with Crippen molar-refractivity contribution in [1.82, 2.24) is 20.8 Å². The van der Waals surface area contributed by atoms with E-state index in [2.05, 4.69) is 20.8 Å². The molecule has 2 rings (SSSR count). The molecule has 0 aliphatic carbocycles. The molecule has 0 spiro atoms. The first kappa shape index (κ1) is 12.8. The van der Waals surface area contributed by atoms with Gasteiger partial charge in [0, 0.05) is 13.1 Å². The molecular formula is C11H19N5O2. The standard InChI is InChI=1S/C11H19N5O2/c1-4-8-9(17)13-5-6-16(8)11-15-14-10(18-11)7(2)12-3/h7-8,12H,4-6H2,1-3H3,(H,13,17). The van der Waals surface area contributed by atoms with Crippen molar-refractivity contribution in [2.45, 2.75) is 32.4 Å². The number of hydrogen-bond acceptors (Lipinski definition) is 6. The number of piperazine rings is 1. The fourth-order valence-corrected chi connectivity index (χ4v) is 1.99. The number of rotatable bonds is 4. The number of nitrogens with one attached hydrogen (secondary N) is 2. The molecule has 1 saturated heterocycles. The molecule has 7 nitrogen and oxygen atoms in total. The van der Waals surface area contributed by atoms with Crippen LogP contribution in [0.3, 0.4) is 0 Å². The molecule has 1 aromatic rings. The van der Waals surface area contributed by atoms with Gasteiger partial charge in [-0.3, -0.25) is 4.79 Å². The second-order valence-electron chi connectivity index (χ2n) is 4.34. The molecule has 1 fully saturated rings. The fourth-order valence-electron chi connectivity index (χ4n) is 1.99. The van der Waals surface area contributed by atoms with Crippen LogP contribution >= 0.6 is 0 Å². The number of nitrogens with zero attached hydrogens (tertiary/aromatic N) is 3. The van der Waals surface area contributed by atoms with E-state index in [1.165, 1.54) is 0 Å². The van der Waals surface area contributed by atoms with E-state index in [0.717, 1.165) is 0 Å². The molecule has 2 heterocycles. The van der Waals surface area contributed by atoms with Crippen LogP contribution in [0.4, 0.5) is 6.01 Å². The van der Waals surface area contributed by atoms with Crippen LogP contribution < -0.4 is 15.5 Å². The van der Waals surface area contributed by atoms with Gasteiger partial charge in [0.15, 0.2) is 0 Å². The van der Waals surface area contributed by atoms with Crippen molar-refractivity contribution < 1.29 is 9.21 Å². The zero-order valence-corrected chi connectivity index (χ0v) is 10.9. The molecule has 2 N–H and O–H groups in total. The summed E-state index contributed by atoms with van der Waals surface area (Å²) in [6, 6.07) is 0.204. The van der Waals surface area contributed by atoms with Crippen LogP contribution in [0.1, 0.15) is 32.2 Å². The summed E-state index contributed by atoms with van der Waals surface area (Å²) in [7, 11) is 1.83. The Morgan fingerprint density at radius 1 is 1.61 bits per heavy atom. The number of amides is 1. The molecule has 0 bridgehead atoms. The molecule has 1 aromatic heterocycles. The highest BCUT2D eigenvalue weighted by molar-refractivity contribution is 5.85. The number of anilines is 1. The van der Waals surface area contributed by atoms with Crippen LogP contribution in [0.15, 0.2) is 4.42 Å². The van der Waals surface area contributed by atoms with E-state index in [1.54, 1.807) is 0 Å². The average molecular weight is 253 g/mol.